The van der Waals surface area contributed by atoms with E-state index < -0.39 is 28.8 Å². The number of ketones is 1. The predicted molar refractivity (Wildman–Crippen MR) is 120 cm³/mol. The molecule has 1 amide bonds. The second-order valence-corrected chi connectivity index (χ2v) is 9.93. The van der Waals surface area contributed by atoms with Crippen LogP contribution < -0.4 is 4.74 Å². The SMILES string of the molecule is COc1cc(C(F)(F)F)ccc1-c1oc(C(=O)[C@]2(C)CCCN(C(=O)OC(C)(C)C)C2)cc1C. The Balaban J connectivity index is 1.89. The van der Waals surface area contributed by atoms with Gasteiger partial charge < -0.3 is 18.8 Å². The summed E-state index contributed by atoms with van der Waals surface area (Å²) in [4.78, 5) is 27.5. The van der Waals surface area contributed by atoms with Crippen molar-refractivity contribution < 1.29 is 36.7 Å². The number of methoxy groups -OCH3 is 1. The number of amides is 1. The predicted octanol–water partition coefficient (Wildman–Crippen LogP) is 6.50. The van der Waals surface area contributed by atoms with Crippen molar-refractivity contribution in [1.29, 1.82) is 0 Å². The van der Waals surface area contributed by atoms with Gasteiger partial charge in [-0.15, -0.1) is 0 Å². The first-order valence-electron chi connectivity index (χ1n) is 11.0. The Kier molecular flexibility index (Phi) is 6.79. The average molecular weight is 482 g/mol. The Morgan fingerprint density at radius 3 is 2.41 bits per heavy atom. The van der Waals surface area contributed by atoms with Gasteiger partial charge in [0, 0.05) is 13.1 Å². The summed E-state index contributed by atoms with van der Waals surface area (Å²) in [6.07, 6.45) is -3.80. The number of Topliss-reactive ketones (excluding diaryl/α,β-unsaturated/α-hetero) is 1. The molecule has 2 aromatic rings. The molecule has 1 aromatic heterocycles. The molecule has 1 saturated heterocycles. The average Bonchev–Trinajstić information content (AvgIpc) is 3.12. The van der Waals surface area contributed by atoms with Gasteiger partial charge in [-0.1, -0.05) is 6.92 Å². The molecule has 34 heavy (non-hydrogen) atoms. The minimum atomic E-state index is -4.51. The second kappa shape index (κ2) is 9.00. The number of carbonyl (C=O) groups excluding carboxylic acids is 2. The fourth-order valence-corrected chi connectivity index (χ4v) is 4.12. The van der Waals surface area contributed by atoms with Crippen molar-refractivity contribution in [3.8, 4) is 17.1 Å². The van der Waals surface area contributed by atoms with E-state index in [1.807, 2.05) is 0 Å². The number of likely N-dealkylation sites (tertiary alicyclic amines) is 1. The van der Waals surface area contributed by atoms with Gasteiger partial charge in [0.25, 0.3) is 0 Å². The highest BCUT2D eigenvalue weighted by atomic mass is 19.4. The summed E-state index contributed by atoms with van der Waals surface area (Å²) in [5.41, 5.74) is -1.48. The third-order valence-corrected chi connectivity index (χ3v) is 5.81. The van der Waals surface area contributed by atoms with Gasteiger partial charge in [-0.2, -0.15) is 13.2 Å². The number of halogens is 3. The topological polar surface area (TPSA) is 69.0 Å². The Morgan fingerprint density at radius 1 is 1.15 bits per heavy atom. The lowest BCUT2D eigenvalue weighted by Gasteiger charge is -2.39. The van der Waals surface area contributed by atoms with Gasteiger partial charge in [-0.25, -0.2) is 4.79 Å². The normalized spacial score (nSPS) is 19.1. The first kappa shape index (κ1) is 25.6. The molecule has 1 aromatic carbocycles. The Hall–Kier alpha value is -2.97. The van der Waals surface area contributed by atoms with Crippen molar-refractivity contribution in [2.45, 2.75) is 59.2 Å². The molecule has 0 unspecified atom stereocenters. The molecule has 6 nitrogen and oxygen atoms in total. The van der Waals surface area contributed by atoms with Crippen LogP contribution in [0.2, 0.25) is 0 Å². The van der Waals surface area contributed by atoms with Gasteiger partial charge in [0.15, 0.2) is 5.76 Å². The molecule has 0 N–H and O–H groups in total. The van der Waals surface area contributed by atoms with Gasteiger partial charge in [-0.05, 0) is 70.4 Å². The van der Waals surface area contributed by atoms with Crippen LogP contribution in [0.25, 0.3) is 11.3 Å². The number of piperidine rings is 1. The number of hydrogen-bond donors (Lipinski definition) is 0. The van der Waals surface area contributed by atoms with Gasteiger partial charge in [-0.3, -0.25) is 4.79 Å². The van der Waals surface area contributed by atoms with Crippen LogP contribution in [0.5, 0.6) is 5.75 Å². The van der Waals surface area contributed by atoms with E-state index in [-0.39, 0.29) is 29.6 Å². The highest BCUT2D eigenvalue weighted by Crippen LogP contribution is 2.41. The molecule has 0 bridgehead atoms. The number of nitrogens with zero attached hydrogens (tertiary/aromatic N) is 1. The van der Waals surface area contributed by atoms with Crippen LogP contribution in [0, 0.1) is 12.3 Å². The third-order valence-electron chi connectivity index (χ3n) is 5.81. The number of carbonyl (C=O) groups is 2. The van der Waals surface area contributed by atoms with Crippen molar-refractivity contribution in [2.75, 3.05) is 20.2 Å². The van der Waals surface area contributed by atoms with Crippen LogP contribution in [0.4, 0.5) is 18.0 Å². The molecule has 1 aliphatic rings. The molecule has 9 heteroatoms. The molecule has 0 aliphatic carbocycles. The number of furan rings is 1. The molecule has 0 saturated carbocycles. The number of ether oxygens (including phenoxy) is 2. The first-order valence-corrected chi connectivity index (χ1v) is 11.0. The van der Waals surface area contributed by atoms with Gasteiger partial charge in [0.2, 0.25) is 5.78 Å². The lowest BCUT2D eigenvalue weighted by atomic mass is 9.77. The van der Waals surface area contributed by atoms with Crippen LogP contribution >= 0.6 is 0 Å². The van der Waals surface area contributed by atoms with Crippen LogP contribution in [0.15, 0.2) is 28.7 Å². The number of benzene rings is 1. The molecular formula is C25H30F3NO5. The molecule has 1 fully saturated rings. The number of rotatable bonds is 4. The maximum Gasteiger partial charge on any atom is 0.416 e. The maximum atomic E-state index is 13.5. The number of hydrogen-bond acceptors (Lipinski definition) is 5. The van der Waals surface area contributed by atoms with Crippen LogP contribution in [0.1, 0.15) is 62.2 Å². The first-order chi connectivity index (χ1) is 15.6. The van der Waals surface area contributed by atoms with Crippen LogP contribution in [0.3, 0.4) is 0 Å². The minimum Gasteiger partial charge on any atom is -0.496 e. The van der Waals surface area contributed by atoms with E-state index in [0.717, 1.165) is 12.1 Å². The lowest BCUT2D eigenvalue weighted by molar-refractivity contribution is -0.137. The van der Waals surface area contributed by atoms with Crippen molar-refractivity contribution in [2.24, 2.45) is 5.41 Å². The second-order valence-electron chi connectivity index (χ2n) is 9.93. The van der Waals surface area contributed by atoms with Crippen LogP contribution in [-0.2, 0) is 10.9 Å². The van der Waals surface area contributed by atoms with E-state index in [0.29, 0.717) is 30.5 Å². The molecule has 1 atom stereocenters. The van der Waals surface area contributed by atoms with Crippen molar-refractivity contribution in [1.82, 2.24) is 4.90 Å². The standard InChI is InChI=1S/C25H30F3NO5/c1-15-12-19(33-20(15)17-9-8-16(25(26,27)28)13-18(17)32-6)21(30)24(5)10-7-11-29(14-24)22(31)34-23(2,3)4/h8-9,12-13H,7,10-11,14H2,1-6H3/t24-/m1/s1. The van der Waals surface area contributed by atoms with E-state index in [1.165, 1.54) is 18.1 Å². The van der Waals surface area contributed by atoms with Gasteiger partial charge in [0.05, 0.1) is 23.7 Å². The molecule has 0 spiro atoms. The van der Waals surface area contributed by atoms with Crippen molar-refractivity contribution >= 4 is 11.9 Å². The summed E-state index contributed by atoms with van der Waals surface area (Å²) < 4.78 is 55.8. The van der Waals surface area contributed by atoms with Crippen LogP contribution in [-0.4, -0.2) is 42.6 Å². The summed E-state index contributed by atoms with van der Waals surface area (Å²) in [6.45, 7) is 9.50. The smallest absolute Gasteiger partial charge is 0.416 e. The highest BCUT2D eigenvalue weighted by molar-refractivity contribution is 5.99. The zero-order chi connectivity index (χ0) is 25.5. The third kappa shape index (κ3) is 5.39. The van der Waals surface area contributed by atoms with Gasteiger partial charge >= 0.3 is 12.3 Å². The van der Waals surface area contributed by atoms with Crippen molar-refractivity contribution in [3.63, 3.8) is 0 Å². The number of alkyl halides is 3. The monoisotopic (exact) mass is 481 g/mol. The van der Waals surface area contributed by atoms with E-state index in [1.54, 1.807) is 40.7 Å². The van der Waals surface area contributed by atoms with E-state index in [2.05, 4.69) is 0 Å². The molecule has 2 heterocycles. The summed E-state index contributed by atoms with van der Waals surface area (Å²) in [6, 6.07) is 4.70. The lowest BCUT2D eigenvalue weighted by Crippen LogP contribution is -2.49. The van der Waals surface area contributed by atoms with Gasteiger partial charge in [0.1, 0.15) is 17.1 Å². The Bertz CT molecular complexity index is 1080. The zero-order valence-corrected chi connectivity index (χ0v) is 20.3. The largest absolute Gasteiger partial charge is 0.496 e. The van der Waals surface area contributed by atoms with E-state index >= 15 is 0 Å². The highest BCUT2D eigenvalue weighted by Gasteiger charge is 2.42. The molecule has 0 radical (unpaired) electrons. The summed E-state index contributed by atoms with van der Waals surface area (Å²) >= 11 is 0. The summed E-state index contributed by atoms with van der Waals surface area (Å²) in [5, 5.41) is 0. The minimum absolute atomic E-state index is 0.00810. The Labute approximate surface area is 197 Å². The zero-order valence-electron chi connectivity index (χ0n) is 20.3. The maximum absolute atomic E-state index is 13.5. The Morgan fingerprint density at radius 2 is 1.82 bits per heavy atom. The summed E-state index contributed by atoms with van der Waals surface area (Å²) in [7, 11) is 1.28. The van der Waals surface area contributed by atoms with Crippen molar-refractivity contribution in [3.05, 3.63) is 41.2 Å². The molecular weight excluding hydrogens is 451 g/mol. The quantitative estimate of drug-likeness (QED) is 0.466. The van der Waals surface area contributed by atoms with E-state index in [9.17, 15) is 22.8 Å². The molecule has 1 aliphatic heterocycles. The number of aryl methyl sites for hydroxylation is 1. The fraction of sp³-hybridized carbons (Fsp3) is 0.520. The summed E-state index contributed by atoms with van der Waals surface area (Å²) in [5.74, 6) is 0.0626. The van der Waals surface area contributed by atoms with E-state index in [4.69, 9.17) is 13.9 Å². The fourth-order valence-electron chi connectivity index (χ4n) is 4.12. The molecule has 3 rings (SSSR count). The molecule has 186 valence electrons.